The molecule has 0 spiro atoms. The highest BCUT2D eigenvalue weighted by atomic mass is 32.1. The van der Waals surface area contributed by atoms with Crippen LogP contribution in [0.3, 0.4) is 0 Å². The van der Waals surface area contributed by atoms with Gasteiger partial charge in [-0.2, -0.15) is 0 Å². The zero-order valence-electron chi connectivity index (χ0n) is 12.7. The second kappa shape index (κ2) is 5.93. The van der Waals surface area contributed by atoms with Crippen LogP contribution in [0.15, 0.2) is 0 Å². The summed E-state index contributed by atoms with van der Waals surface area (Å²) in [6, 6.07) is 0.591. The lowest BCUT2D eigenvalue weighted by Gasteiger charge is -2.36. The molecule has 2 heterocycles. The lowest BCUT2D eigenvalue weighted by atomic mass is 9.91. The number of nitrogens with zero attached hydrogens (tertiary/aromatic N) is 3. The van der Waals surface area contributed by atoms with E-state index in [1.54, 1.807) is 11.3 Å². The smallest absolute Gasteiger partial charge is 0.312 e. The highest BCUT2D eigenvalue weighted by Gasteiger charge is 2.31. The SMILES string of the molecule is CC(C)N1CCN(c2nc3c(s2)CCCC3C(=O)O)CC1. The molecule has 0 aromatic carbocycles. The number of thiazole rings is 1. The van der Waals surface area contributed by atoms with Crippen LogP contribution in [0.2, 0.25) is 0 Å². The van der Waals surface area contributed by atoms with Crippen LogP contribution in [0, 0.1) is 0 Å². The molecule has 1 aliphatic carbocycles. The largest absolute Gasteiger partial charge is 0.481 e. The molecule has 1 N–H and O–H groups in total. The van der Waals surface area contributed by atoms with Gasteiger partial charge >= 0.3 is 5.97 Å². The van der Waals surface area contributed by atoms with Crippen LogP contribution >= 0.6 is 11.3 Å². The van der Waals surface area contributed by atoms with Gasteiger partial charge in [0.15, 0.2) is 5.13 Å². The van der Waals surface area contributed by atoms with E-state index in [0.29, 0.717) is 6.04 Å². The number of piperazine rings is 1. The third-order valence-electron chi connectivity index (χ3n) is 4.56. The van der Waals surface area contributed by atoms with E-state index >= 15 is 0 Å². The van der Waals surface area contributed by atoms with Gasteiger partial charge in [-0.05, 0) is 33.1 Å². The molecule has 0 saturated carbocycles. The van der Waals surface area contributed by atoms with Crippen molar-refractivity contribution in [3.05, 3.63) is 10.6 Å². The lowest BCUT2D eigenvalue weighted by Crippen LogP contribution is -2.48. The fourth-order valence-corrected chi connectivity index (χ4v) is 4.43. The Bertz CT molecular complexity index is 521. The van der Waals surface area contributed by atoms with Crippen LogP contribution in [0.4, 0.5) is 5.13 Å². The summed E-state index contributed by atoms with van der Waals surface area (Å²) >= 11 is 1.71. The second-order valence-electron chi connectivity index (χ2n) is 6.20. The molecule has 21 heavy (non-hydrogen) atoms. The maximum absolute atomic E-state index is 11.4. The molecule has 1 atom stereocenters. The molecular formula is C15H23N3O2S. The summed E-state index contributed by atoms with van der Waals surface area (Å²) in [6.45, 7) is 8.56. The van der Waals surface area contributed by atoms with E-state index in [2.05, 4.69) is 23.6 Å². The Morgan fingerprint density at radius 2 is 2.05 bits per heavy atom. The van der Waals surface area contributed by atoms with Gasteiger partial charge in [0.05, 0.1) is 5.69 Å². The average Bonchev–Trinajstić information content (AvgIpc) is 2.90. The van der Waals surface area contributed by atoms with Crippen molar-refractivity contribution in [2.45, 2.75) is 45.1 Å². The molecule has 0 amide bonds. The van der Waals surface area contributed by atoms with Gasteiger partial charge in [-0.15, -0.1) is 11.3 Å². The molecule has 6 heteroatoms. The monoisotopic (exact) mass is 309 g/mol. The Morgan fingerprint density at radius 3 is 2.67 bits per heavy atom. The van der Waals surface area contributed by atoms with Crippen molar-refractivity contribution in [1.82, 2.24) is 9.88 Å². The third kappa shape index (κ3) is 2.92. The standard InChI is InChI=1S/C15H23N3O2S/c1-10(2)17-6-8-18(9-7-17)15-16-13-11(14(19)20)4-3-5-12(13)21-15/h10-11H,3-9H2,1-2H3,(H,19,20). The number of anilines is 1. The molecule has 2 aliphatic rings. The average molecular weight is 309 g/mol. The fraction of sp³-hybridized carbons (Fsp3) is 0.733. The summed E-state index contributed by atoms with van der Waals surface area (Å²) in [7, 11) is 0. The van der Waals surface area contributed by atoms with Crippen LogP contribution in [-0.2, 0) is 11.2 Å². The maximum Gasteiger partial charge on any atom is 0.312 e. The summed E-state index contributed by atoms with van der Waals surface area (Å²) in [5, 5.41) is 10.4. The van der Waals surface area contributed by atoms with Crippen molar-refractivity contribution in [3.8, 4) is 0 Å². The number of hydrogen-bond donors (Lipinski definition) is 1. The summed E-state index contributed by atoms with van der Waals surface area (Å²) < 4.78 is 0. The van der Waals surface area contributed by atoms with E-state index in [0.717, 1.165) is 56.3 Å². The molecular weight excluding hydrogens is 286 g/mol. The van der Waals surface area contributed by atoms with Crippen molar-refractivity contribution >= 4 is 22.4 Å². The zero-order valence-corrected chi connectivity index (χ0v) is 13.5. The number of carboxylic acid groups (broad SMARTS) is 1. The highest BCUT2D eigenvalue weighted by molar-refractivity contribution is 7.15. The number of carbonyl (C=O) groups is 1. The minimum absolute atomic E-state index is 0.393. The number of hydrogen-bond acceptors (Lipinski definition) is 5. The van der Waals surface area contributed by atoms with Gasteiger partial charge in [-0.1, -0.05) is 0 Å². The zero-order chi connectivity index (χ0) is 15.0. The maximum atomic E-state index is 11.4. The van der Waals surface area contributed by atoms with Crippen molar-refractivity contribution < 1.29 is 9.90 Å². The van der Waals surface area contributed by atoms with Crippen LogP contribution in [0.1, 0.15) is 43.2 Å². The van der Waals surface area contributed by atoms with Gasteiger partial charge < -0.3 is 10.0 Å². The summed E-state index contributed by atoms with van der Waals surface area (Å²) in [5.74, 6) is -1.12. The summed E-state index contributed by atoms with van der Waals surface area (Å²) in [5.41, 5.74) is 0.833. The minimum Gasteiger partial charge on any atom is -0.481 e. The molecule has 0 radical (unpaired) electrons. The second-order valence-corrected chi connectivity index (χ2v) is 7.27. The van der Waals surface area contributed by atoms with Gasteiger partial charge in [0.1, 0.15) is 5.92 Å². The Balaban J connectivity index is 1.75. The Kier molecular flexibility index (Phi) is 4.17. The molecule has 1 fully saturated rings. The van der Waals surface area contributed by atoms with Gasteiger partial charge in [0.25, 0.3) is 0 Å². The Labute approximate surface area is 129 Å². The highest BCUT2D eigenvalue weighted by Crippen LogP contribution is 2.38. The quantitative estimate of drug-likeness (QED) is 0.927. The first-order chi connectivity index (χ1) is 10.1. The van der Waals surface area contributed by atoms with Crippen molar-refractivity contribution in [1.29, 1.82) is 0 Å². The van der Waals surface area contributed by atoms with E-state index < -0.39 is 11.9 Å². The molecule has 3 rings (SSSR count). The molecule has 116 valence electrons. The fourth-order valence-electron chi connectivity index (χ4n) is 3.21. The number of aliphatic carboxylic acids is 1. The van der Waals surface area contributed by atoms with Crippen molar-refractivity contribution in [2.24, 2.45) is 0 Å². The predicted octanol–water partition coefficient (Wildman–Crippen LogP) is 2.18. The molecule has 1 aromatic heterocycles. The van der Waals surface area contributed by atoms with E-state index in [1.807, 2.05) is 0 Å². The van der Waals surface area contributed by atoms with Gasteiger partial charge in [0, 0.05) is 37.1 Å². The molecule has 1 saturated heterocycles. The van der Waals surface area contributed by atoms with Crippen LogP contribution in [0.5, 0.6) is 0 Å². The predicted molar refractivity (Wildman–Crippen MR) is 84.4 cm³/mol. The van der Waals surface area contributed by atoms with E-state index in [-0.39, 0.29) is 0 Å². The van der Waals surface area contributed by atoms with E-state index in [9.17, 15) is 9.90 Å². The first-order valence-corrected chi connectivity index (χ1v) is 8.59. The molecule has 1 unspecified atom stereocenters. The van der Waals surface area contributed by atoms with Crippen LogP contribution in [-0.4, -0.2) is 53.2 Å². The number of rotatable bonds is 3. The Morgan fingerprint density at radius 1 is 1.33 bits per heavy atom. The number of aryl methyl sites for hydroxylation is 1. The van der Waals surface area contributed by atoms with Crippen molar-refractivity contribution in [3.63, 3.8) is 0 Å². The van der Waals surface area contributed by atoms with Gasteiger partial charge in [-0.25, -0.2) is 4.98 Å². The first-order valence-electron chi connectivity index (χ1n) is 7.77. The molecule has 5 nitrogen and oxygen atoms in total. The van der Waals surface area contributed by atoms with E-state index in [1.165, 1.54) is 4.88 Å². The van der Waals surface area contributed by atoms with E-state index in [4.69, 9.17) is 4.98 Å². The number of aromatic nitrogens is 1. The molecule has 0 bridgehead atoms. The lowest BCUT2D eigenvalue weighted by molar-refractivity contribution is -0.139. The van der Waals surface area contributed by atoms with Crippen LogP contribution < -0.4 is 4.90 Å². The van der Waals surface area contributed by atoms with Gasteiger partial charge in [-0.3, -0.25) is 9.69 Å². The summed E-state index contributed by atoms with van der Waals surface area (Å²) in [6.07, 6.45) is 2.68. The van der Waals surface area contributed by atoms with Gasteiger partial charge in [0.2, 0.25) is 0 Å². The van der Waals surface area contributed by atoms with Crippen LogP contribution in [0.25, 0.3) is 0 Å². The number of fused-ring (bicyclic) bond motifs is 1. The van der Waals surface area contributed by atoms with Crippen molar-refractivity contribution in [2.75, 3.05) is 31.1 Å². The Hall–Kier alpha value is -1.14. The summed E-state index contributed by atoms with van der Waals surface area (Å²) in [4.78, 5) is 22.0. The molecule has 1 aromatic rings. The first kappa shape index (κ1) is 14.8. The normalized spacial score (nSPS) is 23.4. The molecule has 1 aliphatic heterocycles. The number of carboxylic acids is 1. The topological polar surface area (TPSA) is 56.7 Å². The minimum atomic E-state index is -0.725. The third-order valence-corrected chi connectivity index (χ3v) is 5.75.